The number of halogens is 5. The molecular formula is C31H28ClF4N7O3S. The van der Waals surface area contributed by atoms with Crippen LogP contribution in [0.5, 0.6) is 5.88 Å². The number of benzene rings is 2. The van der Waals surface area contributed by atoms with Crippen molar-refractivity contribution in [3.8, 4) is 17.0 Å². The summed E-state index contributed by atoms with van der Waals surface area (Å²) in [6.07, 6.45) is 1.71. The van der Waals surface area contributed by atoms with Crippen molar-refractivity contribution in [1.29, 1.82) is 0 Å². The molecule has 7 rings (SSSR count). The maximum Gasteiger partial charge on any atom is 0.251 e. The summed E-state index contributed by atoms with van der Waals surface area (Å²) in [5, 5.41) is -0.0115. The van der Waals surface area contributed by atoms with Crippen LogP contribution in [0.3, 0.4) is 0 Å². The molecule has 0 aliphatic carbocycles. The van der Waals surface area contributed by atoms with Crippen LogP contribution in [0.4, 0.5) is 34.1 Å². The molecule has 1 saturated heterocycles. The van der Waals surface area contributed by atoms with Gasteiger partial charge in [0.05, 0.1) is 34.0 Å². The third-order valence-corrected chi connectivity index (χ3v) is 9.83. The summed E-state index contributed by atoms with van der Waals surface area (Å²) in [4.78, 5) is 42.4. The van der Waals surface area contributed by atoms with Gasteiger partial charge < -0.3 is 30.1 Å². The highest BCUT2D eigenvalue weighted by atomic mass is 35.5. The van der Waals surface area contributed by atoms with E-state index in [1.165, 1.54) is 11.0 Å². The van der Waals surface area contributed by atoms with Crippen molar-refractivity contribution in [2.75, 3.05) is 62.5 Å². The molecule has 2 aromatic heterocycles. The summed E-state index contributed by atoms with van der Waals surface area (Å²) in [7, 11) is 3.68. The lowest BCUT2D eigenvalue weighted by atomic mass is 9.95. The van der Waals surface area contributed by atoms with Gasteiger partial charge in [-0.1, -0.05) is 22.9 Å². The largest absolute Gasteiger partial charge is 0.470 e. The first kappa shape index (κ1) is 31.4. The number of piperazine rings is 1. The van der Waals surface area contributed by atoms with Gasteiger partial charge in [-0.15, -0.1) is 0 Å². The molecule has 16 heteroatoms. The molecule has 10 nitrogen and oxygen atoms in total. The molecule has 3 aliphatic rings. The molecule has 0 spiro atoms. The van der Waals surface area contributed by atoms with E-state index >= 15 is 8.78 Å². The zero-order valence-electron chi connectivity index (χ0n) is 25.4. The average molecular weight is 690 g/mol. The molecule has 2 amide bonds. The summed E-state index contributed by atoms with van der Waals surface area (Å²) in [6.45, 7) is 1.71. The number of hydrogen-bond donors (Lipinski definition) is 1. The van der Waals surface area contributed by atoms with E-state index in [1.807, 2.05) is 19.0 Å². The highest BCUT2D eigenvalue weighted by molar-refractivity contribution is 7.22. The van der Waals surface area contributed by atoms with Gasteiger partial charge in [0.1, 0.15) is 41.7 Å². The Morgan fingerprint density at radius 2 is 1.89 bits per heavy atom. The molecule has 2 N–H and O–H groups in total. The van der Waals surface area contributed by atoms with Crippen LogP contribution in [0.2, 0.25) is 5.02 Å². The number of carbonyl (C=O) groups excluding carboxylic acids is 2. The van der Waals surface area contributed by atoms with E-state index < -0.39 is 48.2 Å². The quantitative estimate of drug-likeness (QED) is 0.236. The number of hydrogen-bond acceptors (Lipinski definition) is 9. The van der Waals surface area contributed by atoms with Gasteiger partial charge >= 0.3 is 0 Å². The van der Waals surface area contributed by atoms with E-state index in [0.29, 0.717) is 24.0 Å². The van der Waals surface area contributed by atoms with Crippen molar-refractivity contribution in [3.05, 3.63) is 46.8 Å². The number of nitrogens with zero attached hydrogens (tertiary/aromatic N) is 6. The molecule has 47 heavy (non-hydrogen) atoms. The van der Waals surface area contributed by atoms with E-state index in [1.54, 1.807) is 16.7 Å². The first-order valence-electron chi connectivity index (χ1n) is 14.7. The SMILES string of the molecule is C[C@@H]1CN2c3c4c(nc5c(F)c(-c6c(F)cc(F)c7sc(N)nc67)c(Cl)cc35)O[C@H](CN(C)C)CN4C(=O)[C@H]2CN1C(=O)/C=C/CF. The second-order valence-corrected chi connectivity index (χ2v) is 13.5. The predicted octanol–water partition coefficient (Wildman–Crippen LogP) is 4.77. The second-order valence-electron chi connectivity index (χ2n) is 12.0. The minimum atomic E-state index is -1.09. The Morgan fingerprint density at radius 1 is 1.13 bits per heavy atom. The van der Waals surface area contributed by atoms with Crippen molar-refractivity contribution < 1.29 is 31.9 Å². The molecular weight excluding hydrogens is 662 g/mol. The van der Waals surface area contributed by atoms with Crippen molar-refractivity contribution in [2.24, 2.45) is 0 Å². The number of carbonyl (C=O) groups is 2. The average Bonchev–Trinajstić information content (AvgIpc) is 3.40. The Balaban J connectivity index is 1.47. The first-order chi connectivity index (χ1) is 22.4. The summed E-state index contributed by atoms with van der Waals surface area (Å²) in [5.41, 5.74) is 5.44. The van der Waals surface area contributed by atoms with Crippen molar-refractivity contribution >= 4 is 72.4 Å². The number of nitrogens with two attached hydrogens (primary N) is 1. The van der Waals surface area contributed by atoms with Crippen molar-refractivity contribution in [3.63, 3.8) is 0 Å². The minimum absolute atomic E-state index is 0.00392. The van der Waals surface area contributed by atoms with Gasteiger partial charge in [-0.25, -0.2) is 27.5 Å². The van der Waals surface area contributed by atoms with Crippen LogP contribution >= 0.6 is 22.9 Å². The van der Waals surface area contributed by atoms with E-state index in [-0.39, 0.29) is 73.8 Å². The third kappa shape index (κ3) is 4.93. The fourth-order valence-electron chi connectivity index (χ4n) is 6.75. The highest BCUT2D eigenvalue weighted by Gasteiger charge is 2.49. The molecule has 3 atom stereocenters. The minimum Gasteiger partial charge on any atom is -0.470 e. The Labute approximate surface area is 274 Å². The molecule has 4 aromatic rings. The Kier molecular flexibility index (Phi) is 7.67. The van der Waals surface area contributed by atoms with Crippen LogP contribution in [-0.4, -0.2) is 96.7 Å². The zero-order valence-corrected chi connectivity index (χ0v) is 26.9. The summed E-state index contributed by atoms with van der Waals surface area (Å²) >= 11 is 7.54. The number of fused-ring (bicyclic) bond motifs is 5. The van der Waals surface area contributed by atoms with E-state index in [0.717, 1.165) is 23.5 Å². The van der Waals surface area contributed by atoms with E-state index in [9.17, 15) is 18.4 Å². The van der Waals surface area contributed by atoms with Crippen LogP contribution in [0.25, 0.3) is 32.2 Å². The number of likely N-dealkylation sites (N-methyl/N-ethyl adjacent to an activating group) is 1. The standard InChI is InChI=1S/C31H28ClF4N7O3S/c1-13-9-42-19(12-41(13)20(44)5-4-6-33)30(45)43-11-14(10-40(2)3)46-29-27(43)26(42)15-7-16(32)21(23(36)24(15)38-29)22-17(34)8-18(35)28-25(22)39-31(37)47-28/h4-5,7-8,13-14,19H,6,9-12H2,1-3H3,(H2,37,39)/b5-4+/t13-,14-,19-/m1/s1. The third-order valence-electron chi connectivity index (χ3n) is 8.64. The Bertz CT molecular complexity index is 2020. The van der Waals surface area contributed by atoms with Gasteiger partial charge in [-0.3, -0.25) is 9.59 Å². The molecule has 1 fully saturated rings. The number of thiazole rings is 1. The van der Waals surface area contributed by atoms with Gasteiger partial charge in [0, 0.05) is 47.8 Å². The second kappa shape index (κ2) is 11.5. The summed E-state index contributed by atoms with van der Waals surface area (Å²) in [6, 6.07) is 0.772. The number of nitrogen functional groups attached to an aromatic ring is 1. The number of anilines is 3. The Morgan fingerprint density at radius 3 is 2.62 bits per heavy atom. The molecule has 0 radical (unpaired) electrons. The molecule has 2 aromatic carbocycles. The molecule has 0 saturated carbocycles. The number of pyridine rings is 1. The summed E-state index contributed by atoms with van der Waals surface area (Å²) < 4.78 is 66.0. The number of allylic oxidation sites excluding steroid dienone is 1. The number of rotatable bonds is 5. The maximum atomic E-state index is 16.9. The van der Waals surface area contributed by atoms with Crippen molar-refractivity contribution in [1.82, 2.24) is 19.8 Å². The summed E-state index contributed by atoms with van der Waals surface area (Å²) in [5.74, 6) is -3.71. The zero-order chi connectivity index (χ0) is 33.5. The lowest BCUT2D eigenvalue weighted by Crippen LogP contribution is -2.67. The fraction of sp³-hybridized carbons (Fsp3) is 0.355. The smallest absolute Gasteiger partial charge is 0.251 e. The fourth-order valence-corrected chi connectivity index (χ4v) is 7.78. The molecule has 3 aliphatic heterocycles. The van der Waals surface area contributed by atoms with Gasteiger partial charge in [-0.05, 0) is 33.2 Å². The first-order valence-corrected chi connectivity index (χ1v) is 15.9. The number of amides is 2. The highest BCUT2D eigenvalue weighted by Crippen LogP contribution is 2.52. The van der Waals surface area contributed by atoms with Gasteiger partial charge in [0.15, 0.2) is 10.9 Å². The van der Waals surface area contributed by atoms with Crippen LogP contribution in [0.15, 0.2) is 24.3 Å². The molecule has 0 bridgehead atoms. The molecule has 0 unspecified atom stereocenters. The predicted molar refractivity (Wildman–Crippen MR) is 172 cm³/mol. The van der Waals surface area contributed by atoms with Crippen molar-refractivity contribution in [2.45, 2.75) is 25.1 Å². The number of ether oxygens (including phenoxy) is 1. The van der Waals surface area contributed by atoms with Crippen LogP contribution < -0.4 is 20.3 Å². The normalized spacial score (nSPS) is 20.8. The Hall–Kier alpha value is -4.21. The van der Waals surface area contributed by atoms with Gasteiger partial charge in [-0.2, -0.15) is 0 Å². The topological polar surface area (TPSA) is 108 Å². The maximum absolute atomic E-state index is 16.9. The lowest BCUT2D eigenvalue weighted by Gasteiger charge is -2.52. The monoisotopic (exact) mass is 689 g/mol. The molecule has 5 heterocycles. The van der Waals surface area contributed by atoms with E-state index in [4.69, 9.17) is 22.1 Å². The lowest BCUT2D eigenvalue weighted by molar-refractivity contribution is -0.131. The van der Waals surface area contributed by atoms with Crippen LogP contribution in [0.1, 0.15) is 6.92 Å². The van der Waals surface area contributed by atoms with Crippen LogP contribution in [-0.2, 0) is 9.59 Å². The van der Waals surface area contributed by atoms with E-state index in [2.05, 4.69) is 9.97 Å². The number of alkyl halides is 1. The molecule has 246 valence electrons. The number of aromatic nitrogens is 2. The van der Waals surface area contributed by atoms with Crippen LogP contribution in [0, 0.1) is 17.5 Å². The van der Waals surface area contributed by atoms with Gasteiger partial charge in [0.25, 0.3) is 5.91 Å². The van der Waals surface area contributed by atoms with Gasteiger partial charge in [0.2, 0.25) is 11.8 Å².